The van der Waals surface area contributed by atoms with Gasteiger partial charge in [-0.1, -0.05) is 12.1 Å². The van der Waals surface area contributed by atoms with E-state index in [-0.39, 0.29) is 0 Å². The average Bonchev–Trinajstić information content (AvgIpc) is 3.29. The van der Waals surface area contributed by atoms with Crippen LogP contribution >= 0.6 is 0 Å². The molecule has 0 saturated carbocycles. The second-order valence-corrected chi connectivity index (χ2v) is 6.65. The van der Waals surface area contributed by atoms with Gasteiger partial charge in [0.25, 0.3) is 0 Å². The van der Waals surface area contributed by atoms with E-state index < -0.39 is 0 Å². The Labute approximate surface area is 143 Å². The van der Waals surface area contributed by atoms with Crippen LogP contribution in [0, 0.1) is 0 Å². The van der Waals surface area contributed by atoms with Crippen LogP contribution in [0.3, 0.4) is 0 Å². The number of aromatic nitrogens is 3. The van der Waals surface area contributed by atoms with Crippen molar-refractivity contribution in [2.45, 2.75) is 32.0 Å². The van der Waals surface area contributed by atoms with Gasteiger partial charge in [-0.2, -0.15) is 5.10 Å². The lowest BCUT2D eigenvalue weighted by molar-refractivity contribution is 0.122. The maximum absolute atomic E-state index is 5.43. The summed E-state index contributed by atoms with van der Waals surface area (Å²) in [6.45, 7) is 6.77. The van der Waals surface area contributed by atoms with Gasteiger partial charge in [-0.25, -0.2) is 4.98 Å². The molecule has 1 unspecified atom stereocenters. The number of hydrogen-bond acceptors (Lipinski definition) is 5. The number of benzene rings is 1. The fourth-order valence-electron chi connectivity index (χ4n) is 3.72. The first-order chi connectivity index (χ1) is 11.9. The topological polar surface area (TPSA) is 46.4 Å². The van der Waals surface area contributed by atoms with Crippen molar-refractivity contribution in [3.05, 3.63) is 42.5 Å². The van der Waals surface area contributed by atoms with Crippen LogP contribution in [0.15, 0.2) is 36.9 Å². The van der Waals surface area contributed by atoms with Crippen LogP contribution in [0.5, 0.6) is 0 Å². The molecule has 0 N–H and O–H groups in total. The van der Waals surface area contributed by atoms with Gasteiger partial charge >= 0.3 is 0 Å². The summed E-state index contributed by atoms with van der Waals surface area (Å²) in [7, 11) is 0. The van der Waals surface area contributed by atoms with Crippen LogP contribution in [-0.2, 0) is 17.8 Å². The molecule has 2 aromatic rings. The molecule has 24 heavy (non-hydrogen) atoms. The van der Waals surface area contributed by atoms with Crippen molar-refractivity contribution in [2.24, 2.45) is 0 Å². The van der Waals surface area contributed by atoms with Crippen molar-refractivity contribution >= 4 is 5.69 Å². The van der Waals surface area contributed by atoms with Crippen LogP contribution in [0.25, 0.3) is 0 Å². The Bertz CT molecular complexity index is 621. The van der Waals surface area contributed by atoms with Crippen molar-refractivity contribution in [1.82, 2.24) is 19.7 Å². The Hall–Kier alpha value is -1.92. The van der Waals surface area contributed by atoms with E-state index in [2.05, 4.69) is 44.1 Å². The lowest BCUT2D eigenvalue weighted by atomic mass is 10.1. The van der Waals surface area contributed by atoms with Crippen LogP contribution in [0.2, 0.25) is 0 Å². The van der Waals surface area contributed by atoms with Gasteiger partial charge in [0, 0.05) is 31.4 Å². The smallest absolute Gasteiger partial charge is 0.137 e. The van der Waals surface area contributed by atoms with Crippen molar-refractivity contribution < 1.29 is 4.74 Å². The third-order valence-corrected chi connectivity index (χ3v) is 5.06. The highest BCUT2D eigenvalue weighted by atomic mass is 16.5. The molecule has 2 fully saturated rings. The molecular weight excluding hydrogens is 302 g/mol. The largest absolute Gasteiger partial charge is 0.378 e. The predicted octanol–water partition coefficient (Wildman–Crippen LogP) is 1.78. The summed E-state index contributed by atoms with van der Waals surface area (Å²) in [6, 6.07) is 9.61. The van der Waals surface area contributed by atoms with Gasteiger partial charge in [0.15, 0.2) is 0 Å². The number of ether oxygens (including phenoxy) is 1. The fourth-order valence-corrected chi connectivity index (χ4v) is 3.72. The molecule has 0 aliphatic carbocycles. The summed E-state index contributed by atoms with van der Waals surface area (Å²) in [5, 5.41) is 4.25. The molecule has 2 saturated heterocycles. The number of rotatable bonds is 5. The first-order valence-electron chi connectivity index (χ1n) is 8.86. The van der Waals surface area contributed by atoms with Crippen molar-refractivity contribution in [3.8, 4) is 0 Å². The van der Waals surface area contributed by atoms with E-state index in [0.29, 0.717) is 6.04 Å². The molecule has 2 aliphatic rings. The standard InChI is InChI=1S/C18H25N5O/c1-2-18(13-23-15-19-14-20-23)22(7-1)12-16-3-5-17(6-4-16)21-8-10-24-11-9-21/h3-6,14-15,18H,1-2,7-13H2. The van der Waals surface area contributed by atoms with Gasteiger partial charge in [0.05, 0.1) is 19.8 Å². The number of likely N-dealkylation sites (tertiary alicyclic amines) is 1. The second kappa shape index (κ2) is 7.32. The molecule has 128 valence electrons. The van der Waals surface area contributed by atoms with Crippen molar-refractivity contribution in [3.63, 3.8) is 0 Å². The zero-order valence-corrected chi connectivity index (χ0v) is 14.0. The van der Waals surface area contributed by atoms with Crippen LogP contribution in [0.4, 0.5) is 5.69 Å². The van der Waals surface area contributed by atoms with E-state index in [9.17, 15) is 0 Å². The van der Waals surface area contributed by atoms with E-state index in [1.54, 1.807) is 6.33 Å². The molecular formula is C18H25N5O. The lowest BCUT2D eigenvalue weighted by Crippen LogP contribution is -2.36. The van der Waals surface area contributed by atoms with Crippen LogP contribution in [-0.4, -0.2) is 58.6 Å². The van der Waals surface area contributed by atoms with E-state index in [1.165, 1.54) is 30.6 Å². The van der Waals surface area contributed by atoms with Gasteiger partial charge in [-0.05, 0) is 37.1 Å². The first kappa shape index (κ1) is 15.6. The molecule has 6 nitrogen and oxygen atoms in total. The summed E-state index contributed by atoms with van der Waals surface area (Å²) in [5.41, 5.74) is 2.69. The van der Waals surface area contributed by atoms with Gasteiger partial charge in [0.2, 0.25) is 0 Å². The third-order valence-electron chi connectivity index (χ3n) is 5.06. The predicted molar refractivity (Wildman–Crippen MR) is 92.9 cm³/mol. The highest BCUT2D eigenvalue weighted by Crippen LogP contribution is 2.23. The maximum Gasteiger partial charge on any atom is 0.137 e. The Kier molecular flexibility index (Phi) is 4.76. The molecule has 0 spiro atoms. The third kappa shape index (κ3) is 3.60. The van der Waals surface area contributed by atoms with E-state index in [1.807, 2.05) is 11.0 Å². The molecule has 6 heteroatoms. The Morgan fingerprint density at radius 1 is 1.08 bits per heavy atom. The Morgan fingerprint density at radius 3 is 2.67 bits per heavy atom. The number of nitrogens with zero attached hydrogens (tertiary/aromatic N) is 5. The highest BCUT2D eigenvalue weighted by Gasteiger charge is 2.25. The summed E-state index contributed by atoms with van der Waals surface area (Å²) in [5.74, 6) is 0. The molecule has 3 heterocycles. The minimum absolute atomic E-state index is 0.561. The normalized spacial score (nSPS) is 22.2. The van der Waals surface area contributed by atoms with Crippen LogP contribution in [0.1, 0.15) is 18.4 Å². The SMILES string of the molecule is c1ncn(CC2CCCN2Cc2ccc(N3CCOCC3)cc2)n1. The average molecular weight is 327 g/mol. The molecule has 2 aliphatic heterocycles. The molecule has 1 aromatic heterocycles. The molecule has 0 bridgehead atoms. The zero-order chi connectivity index (χ0) is 16.2. The van der Waals surface area contributed by atoms with Crippen molar-refractivity contribution in [1.29, 1.82) is 0 Å². The quantitative estimate of drug-likeness (QED) is 0.838. The molecule has 0 amide bonds. The van der Waals surface area contributed by atoms with E-state index in [0.717, 1.165) is 39.4 Å². The Balaban J connectivity index is 1.37. The van der Waals surface area contributed by atoms with Crippen molar-refractivity contribution in [2.75, 3.05) is 37.7 Å². The molecule has 1 atom stereocenters. The van der Waals surface area contributed by atoms with E-state index in [4.69, 9.17) is 4.74 Å². The van der Waals surface area contributed by atoms with Gasteiger partial charge in [-0.3, -0.25) is 9.58 Å². The second-order valence-electron chi connectivity index (χ2n) is 6.65. The van der Waals surface area contributed by atoms with Gasteiger partial charge in [-0.15, -0.1) is 0 Å². The molecule has 4 rings (SSSR count). The summed E-state index contributed by atoms with van der Waals surface area (Å²) in [6.07, 6.45) is 5.94. The monoisotopic (exact) mass is 327 g/mol. The Morgan fingerprint density at radius 2 is 1.92 bits per heavy atom. The summed E-state index contributed by atoms with van der Waals surface area (Å²) in [4.78, 5) is 9.02. The molecule has 1 aromatic carbocycles. The minimum atomic E-state index is 0.561. The number of hydrogen-bond donors (Lipinski definition) is 0. The zero-order valence-electron chi connectivity index (χ0n) is 14.0. The summed E-state index contributed by atoms with van der Waals surface area (Å²) >= 11 is 0. The van der Waals surface area contributed by atoms with Gasteiger partial charge < -0.3 is 9.64 Å². The number of morpholine rings is 1. The van der Waals surface area contributed by atoms with E-state index >= 15 is 0 Å². The minimum Gasteiger partial charge on any atom is -0.378 e. The lowest BCUT2D eigenvalue weighted by Gasteiger charge is -2.29. The number of anilines is 1. The highest BCUT2D eigenvalue weighted by molar-refractivity contribution is 5.47. The fraction of sp³-hybridized carbons (Fsp3) is 0.556. The molecule has 0 radical (unpaired) electrons. The van der Waals surface area contributed by atoms with Gasteiger partial charge in [0.1, 0.15) is 12.7 Å². The summed E-state index contributed by atoms with van der Waals surface area (Å²) < 4.78 is 7.38. The first-order valence-corrected chi connectivity index (χ1v) is 8.86. The maximum atomic E-state index is 5.43. The van der Waals surface area contributed by atoms with Crippen LogP contribution < -0.4 is 4.90 Å².